The Hall–Kier alpha value is -4.77. The highest BCUT2D eigenvalue weighted by Crippen LogP contribution is 2.31. The molecule has 48 heavy (non-hydrogen) atoms. The molecule has 2 fully saturated rings. The number of imidazole rings is 1. The Bertz CT molecular complexity index is 1720. The van der Waals surface area contributed by atoms with Crippen LogP contribution < -0.4 is 26.4 Å². The largest absolute Gasteiger partial charge is 0.494 e. The Labute approximate surface area is 274 Å². The summed E-state index contributed by atoms with van der Waals surface area (Å²) >= 11 is 6.35. The van der Waals surface area contributed by atoms with Gasteiger partial charge >= 0.3 is 12.1 Å². The number of carbonyl (C=O) groups excluding carboxylic acids is 3. The number of nitrogens with one attached hydrogen (secondary N) is 3. The number of hydrogen-bond acceptors (Lipinski definition) is 7. The molecule has 0 unspecified atom stereocenters. The minimum atomic E-state index is -5.08. The summed E-state index contributed by atoms with van der Waals surface area (Å²) in [7, 11) is 2.73. The number of nitrogens with two attached hydrogens (primary N) is 1. The fourth-order valence-electron chi connectivity index (χ4n) is 5.03. The van der Waals surface area contributed by atoms with Crippen molar-refractivity contribution in [1.82, 2.24) is 20.2 Å². The number of carboxylic acid groups (broad SMARTS) is 1. The molecule has 0 saturated heterocycles. The van der Waals surface area contributed by atoms with Crippen molar-refractivity contribution in [1.29, 1.82) is 0 Å². The topological polar surface area (TPSA) is 178 Å². The number of methoxy groups -OCH3 is 1. The molecule has 2 aromatic carbocycles. The fourth-order valence-corrected chi connectivity index (χ4v) is 5.30. The van der Waals surface area contributed by atoms with Crippen molar-refractivity contribution in [2.45, 2.75) is 50.0 Å². The maximum absolute atomic E-state index is 14.6. The van der Waals surface area contributed by atoms with E-state index in [1.165, 1.54) is 55.3 Å². The quantitative estimate of drug-likeness (QED) is 0.219. The lowest BCUT2D eigenvalue weighted by molar-refractivity contribution is -0.192. The first-order valence-corrected chi connectivity index (χ1v) is 14.7. The van der Waals surface area contributed by atoms with Crippen LogP contribution in [0.2, 0.25) is 5.02 Å². The number of ether oxygens (including phenoxy) is 1. The van der Waals surface area contributed by atoms with E-state index in [-0.39, 0.29) is 69.3 Å². The maximum atomic E-state index is 14.6. The van der Waals surface area contributed by atoms with Gasteiger partial charge in [-0.25, -0.2) is 14.2 Å². The van der Waals surface area contributed by atoms with Gasteiger partial charge in [0.25, 0.3) is 11.8 Å². The molecular weight excluding hydrogens is 671 g/mol. The third-order valence-corrected chi connectivity index (χ3v) is 8.13. The van der Waals surface area contributed by atoms with Crippen LogP contribution in [0.1, 0.15) is 46.7 Å². The Balaban J connectivity index is 0.000000671. The molecule has 0 radical (unpaired) electrons. The van der Waals surface area contributed by atoms with Gasteiger partial charge in [-0.2, -0.15) is 17.6 Å². The van der Waals surface area contributed by atoms with E-state index in [4.69, 9.17) is 32.0 Å². The molecular formula is C30H30ClF5N6O6. The molecule has 12 nitrogen and oxygen atoms in total. The van der Waals surface area contributed by atoms with E-state index in [0.29, 0.717) is 18.5 Å². The summed E-state index contributed by atoms with van der Waals surface area (Å²) in [5, 5.41) is 15.8. The van der Waals surface area contributed by atoms with Crippen molar-refractivity contribution < 1.29 is 51.0 Å². The number of nitrogens with zero attached hydrogens (tertiary/aromatic N) is 2. The van der Waals surface area contributed by atoms with Crippen LogP contribution in [0.25, 0.3) is 11.3 Å². The molecule has 18 heteroatoms. The van der Waals surface area contributed by atoms with Crippen molar-refractivity contribution in [3.63, 3.8) is 0 Å². The van der Waals surface area contributed by atoms with Crippen LogP contribution in [-0.4, -0.2) is 69.8 Å². The summed E-state index contributed by atoms with van der Waals surface area (Å²) in [6.07, 6.45) is -1.15. The zero-order chi connectivity index (χ0) is 35.5. The van der Waals surface area contributed by atoms with Crippen LogP contribution in [0.3, 0.4) is 0 Å². The first-order chi connectivity index (χ1) is 22.5. The predicted octanol–water partition coefficient (Wildman–Crippen LogP) is 4.03. The van der Waals surface area contributed by atoms with E-state index in [2.05, 4.69) is 20.9 Å². The summed E-state index contributed by atoms with van der Waals surface area (Å²) in [6.45, 7) is 0. The highest BCUT2D eigenvalue weighted by molar-refractivity contribution is 6.34. The highest BCUT2D eigenvalue weighted by atomic mass is 35.5. The number of carboxylic acids is 1. The number of carbonyl (C=O) groups is 4. The number of halogens is 6. The van der Waals surface area contributed by atoms with Gasteiger partial charge in [-0.3, -0.25) is 14.4 Å². The van der Waals surface area contributed by atoms with Crippen LogP contribution >= 0.6 is 11.6 Å². The van der Waals surface area contributed by atoms with Crippen LogP contribution in [0.4, 0.5) is 27.6 Å². The van der Waals surface area contributed by atoms with Gasteiger partial charge in [-0.15, -0.1) is 0 Å². The molecule has 1 heterocycles. The molecule has 0 aliphatic heterocycles. The summed E-state index contributed by atoms with van der Waals surface area (Å²) in [5.74, 6) is -6.48. The number of benzene rings is 2. The molecule has 3 amide bonds. The van der Waals surface area contributed by atoms with Gasteiger partial charge in [0.2, 0.25) is 11.7 Å². The number of anilines is 1. The van der Waals surface area contributed by atoms with Crippen molar-refractivity contribution in [3.8, 4) is 17.0 Å². The number of hydrogen-bond donors (Lipinski definition) is 5. The molecule has 5 rings (SSSR count). The summed E-state index contributed by atoms with van der Waals surface area (Å²) in [4.78, 5) is 50.9. The van der Waals surface area contributed by atoms with E-state index in [9.17, 15) is 36.3 Å². The first-order valence-electron chi connectivity index (χ1n) is 14.3. The van der Waals surface area contributed by atoms with Gasteiger partial charge in [0.15, 0.2) is 17.4 Å². The van der Waals surface area contributed by atoms with Crippen LogP contribution in [0.5, 0.6) is 5.75 Å². The van der Waals surface area contributed by atoms with E-state index in [1.54, 1.807) is 0 Å². The average Bonchev–Trinajstić information content (AvgIpc) is 3.35. The number of rotatable bonds is 8. The number of amides is 3. The molecule has 2 saturated carbocycles. The predicted molar refractivity (Wildman–Crippen MR) is 161 cm³/mol. The zero-order valence-corrected chi connectivity index (χ0v) is 26.1. The third kappa shape index (κ3) is 8.20. The number of alkyl halides is 3. The van der Waals surface area contributed by atoms with E-state index >= 15 is 0 Å². The Morgan fingerprint density at radius 2 is 1.62 bits per heavy atom. The second-order valence-corrected chi connectivity index (χ2v) is 11.6. The van der Waals surface area contributed by atoms with Gasteiger partial charge in [0.05, 0.1) is 29.6 Å². The minimum Gasteiger partial charge on any atom is -0.494 e. The van der Waals surface area contributed by atoms with Gasteiger partial charge in [0.1, 0.15) is 0 Å². The molecule has 2 aliphatic rings. The SMILES string of the molecule is COc1ccc(-c2cnc(C(=O)Nc3ccc(C(=O)NC4CC(C(=O)NC5CC(N)C5)C4)c(Cl)c3)n2C)c(F)c1F.O=C(O)C(F)(F)F. The van der Waals surface area contributed by atoms with Crippen molar-refractivity contribution >= 4 is 41.0 Å². The second-order valence-electron chi connectivity index (χ2n) is 11.2. The second kappa shape index (κ2) is 14.6. The Morgan fingerprint density at radius 1 is 1.00 bits per heavy atom. The van der Waals surface area contributed by atoms with E-state index in [1.807, 2.05) is 0 Å². The van der Waals surface area contributed by atoms with Crippen LogP contribution in [0, 0.1) is 17.6 Å². The lowest BCUT2D eigenvalue weighted by atomic mass is 9.78. The lowest BCUT2D eigenvalue weighted by Gasteiger charge is -2.38. The smallest absolute Gasteiger partial charge is 0.490 e. The minimum absolute atomic E-state index is 0.00773. The number of aliphatic carboxylic acids is 1. The maximum Gasteiger partial charge on any atom is 0.490 e. The Morgan fingerprint density at radius 3 is 2.19 bits per heavy atom. The number of aromatic nitrogens is 2. The normalized spacial score (nSPS) is 19.9. The molecule has 6 N–H and O–H groups in total. The van der Waals surface area contributed by atoms with Gasteiger partial charge in [0, 0.05) is 42.3 Å². The van der Waals surface area contributed by atoms with Gasteiger partial charge in [-0.1, -0.05) is 11.6 Å². The summed E-state index contributed by atoms with van der Waals surface area (Å²) in [6, 6.07) is 7.21. The monoisotopic (exact) mass is 700 g/mol. The Kier molecular flexibility index (Phi) is 10.9. The first kappa shape index (κ1) is 36.1. The third-order valence-electron chi connectivity index (χ3n) is 7.81. The molecule has 3 aromatic rings. The van der Waals surface area contributed by atoms with Gasteiger partial charge in [-0.05, 0) is 56.0 Å². The molecule has 2 aliphatic carbocycles. The zero-order valence-electron chi connectivity index (χ0n) is 25.3. The van der Waals surface area contributed by atoms with Crippen molar-refractivity contribution in [2.24, 2.45) is 18.7 Å². The average molecular weight is 701 g/mol. The van der Waals surface area contributed by atoms with E-state index in [0.717, 1.165) is 12.8 Å². The standard InChI is InChI=1S/C28H29ClF2N6O4.C2HF3O2/c1-37-21(19-5-6-22(41-2)24(31)23(19)30)12-33-25(37)28(40)34-15-3-4-18(20(29)11-15)27(39)36-16-7-13(8-16)26(38)35-17-9-14(32)10-17;3-2(4,5)1(6)7/h3-6,11-14,16-17H,7-10,32H2,1-2H3,(H,34,40)(H,35,38)(H,36,39);(H,6,7). The highest BCUT2D eigenvalue weighted by Gasteiger charge is 2.39. The molecule has 1 aromatic heterocycles. The molecule has 0 spiro atoms. The molecule has 0 atom stereocenters. The van der Waals surface area contributed by atoms with Crippen LogP contribution in [-0.2, 0) is 16.6 Å². The molecule has 258 valence electrons. The lowest BCUT2D eigenvalue weighted by Crippen LogP contribution is -2.55. The van der Waals surface area contributed by atoms with Crippen molar-refractivity contribution in [3.05, 3.63) is 64.6 Å². The summed E-state index contributed by atoms with van der Waals surface area (Å²) in [5.41, 5.74) is 6.38. The van der Waals surface area contributed by atoms with E-state index < -0.39 is 29.7 Å². The fraction of sp³-hybridized carbons (Fsp3) is 0.367. The molecule has 0 bridgehead atoms. The summed E-state index contributed by atoms with van der Waals surface area (Å²) < 4.78 is 66.6. The van der Waals surface area contributed by atoms with Crippen molar-refractivity contribution in [2.75, 3.05) is 12.4 Å². The van der Waals surface area contributed by atoms with Crippen LogP contribution in [0.15, 0.2) is 36.5 Å². The van der Waals surface area contributed by atoms with Gasteiger partial charge < -0.3 is 36.1 Å².